The molecule has 2 aromatic rings. The summed E-state index contributed by atoms with van der Waals surface area (Å²) >= 11 is 0. The van der Waals surface area contributed by atoms with Gasteiger partial charge in [-0.05, 0) is 30.7 Å². The number of methoxy groups -OCH3 is 1. The highest BCUT2D eigenvalue weighted by molar-refractivity contribution is 6.22. The molecular weight excluding hydrogens is 351 g/mol. The van der Waals surface area contributed by atoms with Gasteiger partial charge in [0.25, 0.3) is 17.7 Å². The first-order valence-electron chi connectivity index (χ1n) is 8.53. The summed E-state index contributed by atoms with van der Waals surface area (Å²) in [6, 6.07) is 10.5. The highest BCUT2D eigenvalue weighted by Crippen LogP contribution is 2.24. The van der Waals surface area contributed by atoms with E-state index in [1.54, 1.807) is 25.3 Å². The van der Waals surface area contributed by atoms with Crippen molar-refractivity contribution >= 4 is 17.7 Å². The molecule has 0 fully saturated rings. The standard InChI is InChI=1S/C20H19FN2O4/c1-27-10-4-9-23-19(25)15-8-7-13(11-16(15)20(23)26)18(24)22-12-14-5-2-3-6-17(14)21/h2-3,5-8,11H,4,9-10,12H2,1H3,(H,22,24). The summed E-state index contributed by atoms with van der Waals surface area (Å²) in [5.41, 5.74) is 1.09. The molecule has 140 valence electrons. The summed E-state index contributed by atoms with van der Waals surface area (Å²) in [6.45, 7) is 0.727. The van der Waals surface area contributed by atoms with E-state index in [4.69, 9.17) is 4.74 Å². The molecule has 0 spiro atoms. The van der Waals surface area contributed by atoms with Crippen molar-refractivity contribution < 1.29 is 23.5 Å². The van der Waals surface area contributed by atoms with Crippen LogP contribution in [0.5, 0.6) is 0 Å². The van der Waals surface area contributed by atoms with Crippen molar-refractivity contribution in [3.8, 4) is 0 Å². The summed E-state index contributed by atoms with van der Waals surface area (Å²) in [5.74, 6) is -1.64. The largest absolute Gasteiger partial charge is 0.385 e. The Bertz CT molecular complexity index is 897. The van der Waals surface area contributed by atoms with Crippen molar-refractivity contribution in [2.24, 2.45) is 0 Å². The first-order valence-corrected chi connectivity index (χ1v) is 8.53. The molecular formula is C20H19FN2O4. The van der Waals surface area contributed by atoms with Crippen LogP contribution in [0.3, 0.4) is 0 Å². The van der Waals surface area contributed by atoms with Crippen LogP contribution < -0.4 is 5.32 Å². The molecule has 0 bridgehead atoms. The molecule has 0 radical (unpaired) electrons. The third-order valence-corrected chi connectivity index (χ3v) is 4.36. The number of hydrogen-bond donors (Lipinski definition) is 1. The van der Waals surface area contributed by atoms with Crippen LogP contribution in [0.1, 0.15) is 43.1 Å². The van der Waals surface area contributed by atoms with Crippen LogP contribution in [0, 0.1) is 5.82 Å². The number of imide groups is 1. The SMILES string of the molecule is COCCCN1C(=O)c2ccc(C(=O)NCc3ccccc3F)cc2C1=O. The number of amides is 3. The molecule has 7 heteroatoms. The number of fused-ring (bicyclic) bond motifs is 1. The van der Waals surface area contributed by atoms with Crippen LogP contribution >= 0.6 is 0 Å². The van der Waals surface area contributed by atoms with Crippen LogP contribution in [-0.4, -0.2) is 42.9 Å². The second-order valence-electron chi connectivity index (χ2n) is 6.14. The Labute approximate surface area is 155 Å². The Balaban J connectivity index is 1.71. The average molecular weight is 370 g/mol. The van der Waals surface area contributed by atoms with E-state index in [0.29, 0.717) is 18.6 Å². The highest BCUT2D eigenvalue weighted by Gasteiger charge is 2.35. The second-order valence-corrected chi connectivity index (χ2v) is 6.14. The molecule has 1 aliphatic heterocycles. The predicted octanol–water partition coefficient (Wildman–Crippen LogP) is 2.39. The maximum Gasteiger partial charge on any atom is 0.261 e. The van der Waals surface area contributed by atoms with Crippen molar-refractivity contribution in [3.63, 3.8) is 0 Å². The monoisotopic (exact) mass is 370 g/mol. The fraction of sp³-hybridized carbons (Fsp3) is 0.250. The number of carbonyl (C=O) groups is 3. The van der Waals surface area contributed by atoms with Crippen molar-refractivity contribution in [3.05, 3.63) is 70.5 Å². The normalized spacial score (nSPS) is 13.0. The van der Waals surface area contributed by atoms with Gasteiger partial charge >= 0.3 is 0 Å². The number of benzene rings is 2. The van der Waals surface area contributed by atoms with Gasteiger partial charge in [-0.25, -0.2) is 4.39 Å². The smallest absolute Gasteiger partial charge is 0.261 e. The summed E-state index contributed by atoms with van der Waals surface area (Å²) < 4.78 is 18.6. The molecule has 0 aromatic heterocycles. The van der Waals surface area contributed by atoms with Gasteiger partial charge in [0.2, 0.25) is 0 Å². The van der Waals surface area contributed by atoms with E-state index in [1.165, 1.54) is 24.3 Å². The number of nitrogens with zero attached hydrogens (tertiary/aromatic N) is 1. The molecule has 3 amide bonds. The van der Waals surface area contributed by atoms with Crippen molar-refractivity contribution in [2.45, 2.75) is 13.0 Å². The Hall–Kier alpha value is -3.06. The molecule has 0 saturated carbocycles. The quantitative estimate of drug-likeness (QED) is 0.600. The van der Waals surface area contributed by atoms with Crippen molar-refractivity contribution in [2.75, 3.05) is 20.3 Å². The van der Waals surface area contributed by atoms with Crippen LogP contribution in [0.15, 0.2) is 42.5 Å². The Morgan fingerprint density at radius 1 is 1.11 bits per heavy atom. The van der Waals surface area contributed by atoms with Gasteiger partial charge in [0.1, 0.15) is 5.82 Å². The maximum absolute atomic E-state index is 13.6. The first-order chi connectivity index (χ1) is 13.0. The fourth-order valence-electron chi connectivity index (χ4n) is 2.92. The minimum absolute atomic E-state index is 0.0264. The number of ether oxygens (including phenoxy) is 1. The number of hydrogen-bond acceptors (Lipinski definition) is 4. The lowest BCUT2D eigenvalue weighted by Gasteiger charge is -2.12. The van der Waals surface area contributed by atoms with Crippen molar-refractivity contribution in [1.29, 1.82) is 0 Å². The zero-order chi connectivity index (χ0) is 19.4. The zero-order valence-corrected chi connectivity index (χ0v) is 14.8. The lowest BCUT2D eigenvalue weighted by Crippen LogP contribution is -2.31. The molecule has 0 atom stereocenters. The average Bonchev–Trinajstić information content (AvgIpc) is 2.91. The molecule has 0 saturated heterocycles. The summed E-state index contributed by atoms with van der Waals surface area (Å²) in [7, 11) is 1.55. The number of carbonyl (C=O) groups excluding carboxylic acids is 3. The van der Waals surface area contributed by atoms with Gasteiger partial charge < -0.3 is 10.1 Å². The van der Waals surface area contributed by atoms with Gasteiger partial charge in [-0.15, -0.1) is 0 Å². The maximum atomic E-state index is 13.6. The summed E-state index contributed by atoms with van der Waals surface area (Å²) in [6.07, 6.45) is 0.540. The van der Waals surface area contributed by atoms with E-state index < -0.39 is 17.6 Å². The van der Waals surface area contributed by atoms with Gasteiger partial charge in [0, 0.05) is 37.9 Å². The molecule has 0 aliphatic carbocycles. The molecule has 27 heavy (non-hydrogen) atoms. The van der Waals surface area contributed by atoms with Gasteiger partial charge in [-0.3, -0.25) is 19.3 Å². The lowest BCUT2D eigenvalue weighted by molar-refractivity contribution is 0.0638. The first kappa shape index (κ1) is 18.7. The Morgan fingerprint density at radius 2 is 1.85 bits per heavy atom. The highest BCUT2D eigenvalue weighted by atomic mass is 19.1. The van der Waals surface area contributed by atoms with E-state index in [1.807, 2.05) is 0 Å². The molecule has 1 aliphatic rings. The second kappa shape index (κ2) is 8.09. The number of nitrogens with one attached hydrogen (secondary N) is 1. The van der Waals surface area contributed by atoms with Crippen LogP contribution in [0.2, 0.25) is 0 Å². The minimum atomic E-state index is -0.445. The minimum Gasteiger partial charge on any atom is -0.385 e. The van der Waals surface area contributed by atoms with Crippen LogP contribution in [0.25, 0.3) is 0 Å². The van der Waals surface area contributed by atoms with Crippen molar-refractivity contribution in [1.82, 2.24) is 10.2 Å². The third kappa shape index (κ3) is 3.88. The lowest BCUT2D eigenvalue weighted by atomic mass is 10.1. The molecule has 0 unspecified atom stereocenters. The van der Waals surface area contributed by atoms with Crippen LogP contribution in [0.4, 0.5) is 4.39 Å². The summed E-state index contributed by atoms with van der Waals surface area (Å²) in [4.78, 5) is 38.3. The molecule has 1 N–H and O–H groups in total. The Kier molecular flexibility index (Phi) is 5.61. The number of rotatable bonds is 7. The van der Waals surface area contributed by atoms with Gasteiger partial charge in [-0.1, -0.05) is 18.2 Å². The fourth-order valence-corrected chi connectivity index (χ4v) is 2.92. The molecule has 3 rings (SSSR count). The predicted molar refractivity (Wildman–Crippen MR) is 95.9 cm³/mol. The number of halogens is 1. The van der Waals surface area contributed by atoms with Gasteiger partial charge in [0.15, 0.2) is 0 Å². The summed E-state index contributed by atoms with van der Waals surface area (Å²) in [5, 5.41) is 2.62. The Morgan fingerprint density at radius 3 is 2.59 bits per heavy atom. The van der Waals surface area contributed by atoms with Gasteiger partial charge in [-0.2, -0.15) is 0 Å². The van der Waals surface area contributed by atoms with Gasteiger partial charge in [0.05, 0.1) is 11.1 Å². The van der Waals surface area contributed by atoms with E-state index >= 15 is 0 Å². The third-order valence-electron chi connectivity index (χ3n) is 4.36. The topological polar surface area (TPSA) is 75.7 Å². The molecule has 6 nitrogen and oxygen atoms in total. The van der Waals surface area contributed by atoms with E-state index in [9.17, 15) is 18.8 Å². The zero-order valence-electron chi connectivity index (χ0n) is 14.8. The van der Waals surface area contributed by atoms with E-state index in [2.05, 4.69) is 5.32 Å². The van der Waals surface area contributed by atoms with Crippen LogP contribution in [-0.2, 0) is 11.3 Å². The van der Waals surface area contributed by atoms with E-state index in [0.717, 1.165) is 4.90 Å². The molecule has 2 aromatic carbocycles. The molecule has 1 heterocycles. The van der Waals surface area contributed by atoms with E-state index in [-0.39, 0.29) is 35.7 Å².